The summed E-state index contributed by atoms with van der Waals surface area (Å²) in [6.07, 6.45) is 2.40. The summed E-state index contributed by atoms with van der Waals surface area (Å²) in [7, 11) is 0. The van der Waals surface area contributed by atoms with E-state index in [9.17, 15) is 0 Å². The standard InChI is InChI=1S/C5H6N2O3/c8-5(9,10)4-1-2-6-3-7-4/h1-3,8-10H. The van der Waals surface area contributed by atoms with Crippen LogP contribution in [0.25, 0.3) is 0 Å². The summed E-state index contributed by atoms with van der Waals surface area (Å²) in [6.45, 7) is 0. The summed E-state index contributed by atoms with van der Waals surface area (Å²) >= 11 is 0. The Kier molecular flexibility index (Phi) is 1.62. The van der Waals surface area contributed by atoms with Crippen LogP contribution in [0.1, 0.15) is 5.69 Å². The molecule has 0 unspecified atom stereocenters. The predicted molar refractivity (Wildman–Crippen MR) is 30.4 cm³/mol. The molecule has 5 heteroatoms. The van der Waals surface area contributed by atoms with E-state index in [1.165, 1.54) is 12.3 Å². The molecule has 1 rings (SSSR count). The Bertz CT molecular complexity index is 206. The van der Waals surface area contributed by atoms with Gasteiger partial charge < -0.3 is 15.3 Å². The van der Waals surface area contributed by atoms with E-state index in [-0.39, 0.29) is 5.69 Å². The van der Waals surface area contributed by atoms with E-state index in [4.69, 9.17) is 15.3 Å². The Balaban J connectivity index is 2.97. The maximum absolute atomic E-state index is 8.51. The van der Waals surface area contributed by atoms with E-state index in [2.05, 4.69) is 9.97 Å². The fourth-order valence-electron chi connectivity index (χ4n) is 0.489. The molecule has 5 nitrogen and oxygen atoms in total. The van der Waals surface area contributed by atoms with Crippen molar-refractivity contribution in [2.45, 2.75) is 5.97 Å². The van der Waals surface area contributed by atoms with Crippen LogP contribution in [0.2, 0.25) is 0 Å². The lowest BCUT2D eigenvalue weighted by molar-refractivity contribution is -0.326. The molecule has 0 saturated heterocycles. The highest BCUT2D eigenvalue weighted by atomic mass is 16.7. The van der Waals surface area contributed by atoms with Crippen molar-refractivity contribution in [3.8, 4) is 0 Å². The fraction of sp³-hybridized carbons (Fsp3) is 0.200. The van der Waals surface area contributed by atoms with Gasteiger partial charge in [-0.15, -0.1) is 0 Å². The molecule has 0 aliphatic heterocycles. The zero-order valence-electron chi connectivity index (χ0n) is 4.97. The van der Waals surface area contributed by atoms with E-state index in [0.29, 0.717) is 0 Å². The SMILES string of the molecule is OC(O)(O)c1ccncn1. The molecule has 0 aromatic carbocycles. The monoisotopic (exact) mass is 142 g/mol. The third-order valence-corrected chi connectivity index (χ3v) is 0.926. The van der Waals surface area contributed by atoms with Crippen LogP contribution in [0.4, 0.5) is 0 Å². The van der Waals surface area contributed by atoms with E-state index in [1.54, 1.807) is 0 Å². The van der Waals surface area contributed by atoms with Crippen LogP contribution in [0.3, 0.4) is 0 Å². The minimum Gasteiger partial charge on any atom is -0.338 e. The van der Waals surface area contributed by atoms with Crippen molar-refractivity contribution in [3.05, 3.63) is 24.3 Å². The molecule has 10 heavy (non-hydrogen) atoms. The minimum atomic E-state index is -2.86. The molecular weight excluding hydrogens is 136 g/mol. The van der Waals surface area contributed by atoms with Gasteiger partial charge in [-0.05, 0) is 6.07 Å². The minimum absolute atomic E-state index is 0.248. The molecule has 1 aromatic rings. The van der Waals surface area contributed by atoms with Gasteiger partial charge in [-0.25, -0.2) is 9.97 Å². The Morgan fingerprint density at radius 3 is 2.30 bits per heavy atom. The van der Waals surface area contributed by atoms with Crippen molar-refractivity contribution >= 4 is 0 Å². The van der Waals surface area contributed by atoms with Gasteiger partial charge in [0.05, 0.1) is 0 Å². The van der Waals surface area contributed by atoms with Gasteiger partial charge in [-0.3, -0.25) is 0 Å². The van der Waals surface area contributed by atoms with Crippen LogP contribution >= 0.6 is 0 Å². The number of nitrogens with zero attached hydrogens (tertiary/aromatic N) is 2. The maximum atomic E-state index is 8.51. The normalized spacial score (nSPS) is 11.5. The Morgan fingerprint density at radius 2 is 2.00 bits per heavy atom. The quantitative estimate of drug-likeness (QED) is 0.418. The molecule has 0 fully saturated rings. The lowest BCUT2D eigenvalue weighted by Gasteiger charge is -2.11. The zero-order chi connectivity index (χ0) is 7.61. The highest BCUT2D eigenvalue weighted by Crippen LogP contribution is 2.08. The predicted octanol–water partition coefficient (Wildman–Crippen LogP) is -1.44. The Hall–Kier alpha value is -1.04. The van der Waals surface area contributed by atoms with Crippen molar-refractivity contribution in [2.75, 3.05) is 0 Å². The number of aromatic nitrogens is 2. The van der Waals surface area contributed by atoms with Crippen LogP contribution in [-0.4, -0.2) is 25.3 Å². The van der Waals surface area contributed by atoms with E-state index in [0.717, 1.165) is 6.33 Å². The molecule has 54 valence electrons. The molecule has 0 bridgehead atoms. The van der Waals surface area contributed by atoms with Crippen LogP contribution in [0.15, 0.2) is 18.6 Å². The summed E-state index contributed by atoms with van der Waals surface area (Å²) in [5.41, 5.74) is -0.248. The number of hydrogen-bond donors (Lipinski definition) is 3. The smallest absolute Gasteiger partial charge is 0.322 e. The summed E-state index contributed by atoms with van der Waals surface area (Å²) in [5, 5.41) is 25.5. The first-order valence-corrected chi connectivity index (χ1v) is 2.54. The summed E-state index contributed by atoms with van der Waals surface area (Å²) in [6, 6.07) is 1.19. The average molecular weight is 142 g/mol. The first kappa shape index (κ1) is 7.07. The molecule has 0 aliphatic rings. The van der Waals surface area contributed by atoms with Crippen LogP contribution in [0.5, 0.6) is 0 Å². The van der Waals surface area contributed by atoms with Crippen molar-refractivity contribution in [2.24, 2.45) is 0 Å². The molecule has 0 amide bonds. The van der Waals surface area contributed by atoms with Crippen LogP contribution < -0.4 is 0 Å². The second-order valence-electron chi connectivity index (χ2n) is 1.73. The third-order valence-electron chi connectivity index (χ3n) is 0.926. The number of aliphatic hydroxyl groups is 3. The summed E-state index contributed by atoms with van der Waals surface area (Å²) in [5.74, 6) is -2.86. The van der Waals surface area contributed by atoms with E-state index in [1.807, 2.05) is 0 Å². The molecule has 3 N–H and O–H groups in total. The highest BCUT2D eigenvalue weighted by Gasteiger charge is 2.22. The largest absolute Gasteiger partial charge is 0.338 e. The Labute approximate surface area is 56.6 Å². The first-order chi connectivity index (χ1) is 4.61. The number of hydrogen-bond acceptors (Lipinski definition) is 5. The van der Waals surface area contributed by atoms with Crippen molar-refractivity contribution in [1.29, 1.82) is 0 Å². The van der Waals surface area contributed by atoms with Gasteiger partial charge in [0.1, 0.15) is 12.0 Å². The molecule has 0 atom stereocenters. The molecular formula is C5H6N2O3. The van der Waals surface area contributed by atoms with Gasteiger partial charge in [0, 0.05) is 6.20 Å². The second-order valence-corrected chi connectivity index (χ2v) is 1.73. The third kappa shape index (κ3) is 1.47. The van der Waals surface area contributed by atoms with Gasteiger partial charge in [0.2, 0.25) is 0 Å². The topological polar surface area (TPSA) is 86.5 Å². The first-order valence-electron chi connectivity index (χ1n) is 2.54. The summed E-state index contributed by atoms with van der Waals surface area (Å²) in [4.78, 5) is 6.90. The molecule has 0 aliphatic carbocycles. The molecule has 1 aromatic heterocycles. The maximum Gasteiger partial charge on any atom is 0.322 e. The lowest BCUT2D eigenvalue weighted by Crippen LogP contribution is -2.25. The van der Waals surface area contributed by atoms with E-state index >= 15 is 0 Å². The van der Waals surface area contributed by atoms with E-state index < -0.39 is 5.97 Å². The number of rotatable bonds is 1. The van der Waals surface area contributed by atoms with Gasteiger partial charge in [-0.1, -0.05) is 0 Å². The molecule has 0 spiro atoms. The van der Waals surface area contributed by atoms with Crippen molar-refractivity contribution in [1.82, 2.24) is 9.97 Å². The lowest BCUT2D eigenvalue weighted by atomic mass is 10.3. The van der Waals surface area contributed by atoms with Crippen molar-refractivity contribution in [3.63, 3.8) is 0 Å². The fourth-order valence-corrected chi connectivity index (χ4v) is 0.489. The van der Waals surface area contributed by atoms with Gasteiger partial charge in [-0.2, -0.15) is 0 Å². The molecule has 1 heterocycles. The van der Waals surface area contributed by atoms with Gasteiger partial charge in [0.25, 0.3) is 0 Å². The molecule has 0 radical (unpaired) electrons. The van der Waals surface area contributed by atoms with Gasteiger partial charge in [0.15, 0.2) is 0 Å². The Morgan fingerprint density at radius 1 is 1.30 bits per heavy atom. The molecule has 0 saturated carbocycles. The summed E-state index contributed by atoms with van der Waals surface area (Å²) < 4.78 is 0. The second kappa shape index (κ2) is 2.30. The zero-order valence-corrected chi connectivity index (χ0v) is 4.97. The van der Waals surface area contributed by atoms with Crippen LogP contribution in [-0.2, 0) is 5.97 Å². The highest BCUT2D eigenvalue weighted by molar-refractivity contribution is 5.00. The average Bonchev–Trinajstić information content (AvgIpc) is 1.88. The van der Waals surface area contributed by atoms with Crippen molar-refractivity contribution < 1.29 is 15.3 Å². The van der Waals surface area contributed by atoms with Crippen LogP contribution in [0, 0.1) is 0 Å². The van der Waals surface area contributed by atoms with Gasteiger partial charge >= 0.3 is 5.97 Å².